The summed E-state index contributed by atoms with van der Waals surface area (Å²) in [4.78, 5) is 28.3. The van der Waals surface area contributed by atoms with Gasteiger partial charge in [-0.3, -0.25) is 9.69 Å². The van der Waals surface area contributed by atoms with Crippen LogP contribution in [0, 0.1) is 5.92 Å². The summed E-state index contributed by atoms with van der Waals surface area (Å²) in [6, 6.07) is 6.34. The minimum absolute atomic E-state index is 0.0607. The molecule has 6 heteroatoms. The van der Waals surface area contributed by atoms with E-state index in [4.69, 9.17) is 4.74 Å². The molecule has 25 heavy (non-hydrogen) atoms. The lowest BCUT2D eigenvalue weighted by atomic mass is 9.83. The molecule has 2 aliphatic rings. The first kappa shape index (κ1) is 17.7. The molecule has 1 aromatic rings. The Hall–Kier alpha value is -2.08. The molecule has 2 fully saturated rings. The quantitative estimate of drug-likeness (QED) is 0.911. The topological polar surface area (TPSA) is 70.1 Å². The number of carbonyl (C=O) groups is 2. The molecule has 6 nitrogen and oxygen atoms in total. The summed E-state index contributed by atoms with van der Waals surface area (Å²) in [5, 5.41) is 9.58. The molecule has 1 saturated heterocycles. The maximum atomic E-state index is 13.2. The molecule has 1 atom stereocenters. The second-order valence-corrected chi connectivity index (χ2v) is 7.41. The largest absolute Gasteiger partial charge is 0.480 e. The van der Waals surface area contributed by atoms with Crippen LogP contribution in [0.25, 0.3) is 0 Å². The molecule has 1 aromatic carbocycles. The first-order valence-electron chi connectivity index (χ1n) is 8.82. The zero-order chi connectivity index (χ0) is 18.2. The lowest BCUT2D eigenvalue weighted by molar-refractivity contribution is -0.143. The molecule has 1 heterocycles. The first-order chi connectivity index (χ1) is 11.8. The van der Waals surface area contributed by atoms with Crippen molar-refractivity contribution in [2.45, 2.75) is 44.4 Å². The molecule has 1 aliphatic heterocycles. The van der Waals surface area contributed by atoms with Gasteiger partial charge in [0.25, 0.3) is 5.91 Å². The molecule has 1 aliphatic carbocycles. The highest BCUT2D eigenvalue weighted by Gasteiger charge is 2.53. The van der Waals surface area contributed by atoms with Crippen LogP contribution >= 0.6 is 0 Å². The van der Waals surface area contributed by atoms with Crippen molar-refractivity contribution in [1.82, 2.24) is 4.90 Å². The summed E-state index contributed by atoms with van der Waals surface area (Å²) in [6.45, 7) is 2.24. The van der Waals surface area contributed by atoms with E-state index in [0.717, 1.165) is 18.5 Å². The zero-order valence-electron chi connectivity index (χ0n) is 15.1. The van der Waals surface area contributed by atoms with Gasteiger partial charge in [-0.1, -0.05) is 6.92 Å². The van der Waals surface area contributed by atoms with Crippen LogP contribution in [-0.4, -0.2) is 54.4 Å². The fourth-order valence-corrected chi connectivity index (χ4v) is 3.81. The molecule has 3 rings (SSSR count). The van der Waals surface area contributed by atoms with Gasteiger partial charge in [0.2, 0.25) is 0 Å². The molecule has 0 aromatic heterocycles. The Morgan fingerprint density at radius 1 is 1.20 bits per heavy atom. The fraction of sp³-hybridized carbons (Fsp3) is 0.579. The van der Waals surface area contributed by atoms with Crippen molar-refractivity contribution in [2.75, 3.05) is 25.6 Å². The SMILES string of the molecule is CC1CCC2(CC1)OC[C@@H](C(=O)O)N2C(=O)c1ccc(N(C)C)cc1. The van der Waals surface area contributed by atoms with Gasteiger partial charge < -0.3 is 14.7 Å². The molecule has 1 saturated carbocycles. The van der Waals surface area contributed by atoms with Crippen LogP contribution < -0.4 is 4.90 Å². The summed E-state index contributed by atoms with van der Waals surface area (Å²) in [5.74, 6) is -0.687. The summed E-state index contributed by atoms with van der Waals surface area (Å²) in [6.07, 6.45) is 3.27. The van der Waals surface area contributed by atoms with Gasteiger partial charge in [0.05, 0.1) is 6.61 Å². The van der Waals surface area contributed by atoms with Crippen molar-refractivity contribution in [1.29, 1.82) is 0 Å². The van der Waals surface area contributed by atoms with Crippen molar-refractivity contribution >= 4 is 17.6 Å². The number of anilines is 1. The number of amides is 1. The molecule has 0 bridgehead atoms. The minimum atomic E-state index is -1.01. The predicted octanol–water partition coefficient (Wildman–Crippen LogP) is 2.58. The van der Waals surface area contributed by atoms with E-state index < -0.39 is 17.7 Å². The van der Waals surface area contributed by atoms with Crippen LogP contribution in [0.2, 0.25) is 0 Å². The van der Waals surface area contributed by atoms with E-state index in [1.54, 1.807) is 12.1 Å². The lowest BCUT2D eigenvalue weighted by Gasteiger charge is -2.42. The van der Waals surface area contributed by atoms with Gasteiger partial charge in [-0.25, -0.2) is 4.79 Å². The van der Waals surface area contributed by atoms with Crippen molar-refractivity contribution in [3.63, 3.8) is 0 Å². The number of carboxylic acid groups (broad SMARTS) is 1. The smallest absolute Gasteiger partial charge is 0.328 e. The molecular formula is C19H26N2O4. The van der Waals surface area contributed by atoms with Gasteiger partial charge >= 0.3 is 5.97 Å². The first-order valence-corrected chi connectivity index (χ1v) is 8.82. The van der Waals surface area contributed by atoms with Crippen LogP contribution in [0.3, 0.4) is 0 Å². The third-order valence-electron chi connectivity index (χ3n) is 5.45. The molecule has 1 spiro atoms. The number of aliphatic carboxylic acids is 1. The van der Waals surface area contributed by atoms with Gasteiger partial charge in [0.15, 0.2) is 6.04 Å². The van der Waals surface area contributed by atoms with Crippen LogP contribution in [0.5, 0.6) is 0 Å². The molecule has 0 unspecified atom stereocenters. The van der Waals surface area contributed by atoms with Crippen LogP contribution in [0.15, 0.2) is 24.3 Å². The number of benzene rings is 1. The minimum Gasteiger partial charge on any atom is -0.480 e. The highest BCUT2D eigenvalue weighted by Crippen LogP contribution is 2.43. The summed E-state index contributed by atoms with van der Waals surface area (Å²) >= 11 is 0. The Labute approximate surface area is 148 Å². The summed E-state index contributed by atoms with van der Waals surface area (Å²) < 4.78 is 5.94. The van der Waals surface area contributed by atoms with Crippen molar-refractivity contribution in [3.05, 3.63) is 29.8 Å². The monoisotopic (exact) mass is 346 g/mol. The summed E-state index contributed by atoms with van der Waals surface area (Å²) in [7, 11) is 3.87. The van der Waals surface area contributed by atoms with Gasteiger partial charge in [-0.2, -0.15) is 0 Å². The molecule has 0 radical (unpaired) electrons. The second-order valence-electron chi connectivity index (χ2n) is 7.41. The summed E-state index contributed by atoms with van der Waals surface area (Å²) in [5.41, 5.74) is 0.720. The Bertz CT molecular complexity index is 648. The molecule has 136 valence electrons. The Kier molecular flexibility index (Phi) is 4.73. The van der Waals surface area contributed by atoms with E-state index >= 15 is 0 Å². The van der Waals surface area contributed by atoms with Crippen LogP contribution in [-0.2, 0) is 9.53 Å². The Balaban J connectivity index is 1.91. The number of ether oxygens (including phenoxy) is 1. The van der Waals surface area contributed by atoms with Crippen LogP contribution in [0.4, 0.5) is 5.69 Å². The van der Waals surface area contributed by atoms with E-state index in [0.29, 0.717) is 24.3 Å². The van der Waals surface area contributed by atoms with E-state index in [-0.39, 0.29) is 12.5 Å². The van der Waals surface area contributed by atoms with Crippen molar-refractivity contribution in [3.8, 4) is 0 Å². The van der Waals surface area contributed by atoms with Gasteiger partial charge in [0, 0.05) is 25.3 Å². The average molecular weight is 346 g/mol. The van der Waals surface area contributed by atoms with E-state index in [1.165, 1.54) is 4.90 Å². The van der Waals surface area contributed by atoms with Gasteiger partial charge in [0.1, 0.15) is 5.72 Å². The van der Waals surface area contributed by atoms with Crippen molar-refractivity contribution in [2.24, 2.45) is 5.92 Å². The average Bonchev–Trinajstić information content (AvgIpc) is 2.96. The number of hydrogen-bond acceptors (Lipinski definition) is 4. The second kappa shape index (κ2) is 6.67. The lowest BCUT2D eigenvalue weighted by Crippen LogP contribution is -2.55. The number of nitrogens with zero attached hydrogens (tertiary/aromatic N) is 2. The van der Waals surface area contributed by atoms with Crippen LogP contribution in [0.1, 0.15) is 43.0 Å². The third kappa shape index (κ3) is 3.23. The molecule has 1 amide bonds. The Morgan fingerprint density at radius 2 is 1.80 bits per heavy atom. The molecular weight excluding hydrogens is 320 g/mol. The number of carbonyl (C=O) groups excluding carboxylic acids is 1. The number of carboxylic acids is 1. The van der Waals surface area contributed by atoms with E-state index in [2.05, 4.69) is 6.92 Å². The van der Waals surface area contributed by atoms with Gasteiger partial charge in [-0.05, 0) is 55.9 Å². The predicted molar refractivity (Wildman–Crippen MR) is 94.7 cm³/mol. The number of rotatable bonds is 3. The van der Waals surface area contributed by atoms with Gasteiger partial charge in [-0.15, -0.1) is 0 Å². The number of hydrogen-bond donors (Lipinski definition) is 1. The standard InChI is InChI=1S/C19H26N2O4/c1-13-8-10-19(11-9-13)21(16(12-25-19)18(23)24)17(22)14-4-6-15(7-5-14)20(2)3/h4-7,13,16H,8-12H2,1-3H3,(H,23,24)/t13?,16-,19?/m0/s1. The van der Waals surface area contributed by atoms with E-state index in [1.807, 2.05) is 31.1 Å². The third-order valence-corrected chi connectivity index (χ3v) is 5.45. The maximum Gasteiger partial charge on any atom is 0.328 e. The van der Waals surface area contributed by atoms with E-state index in [9.17, 15) is 14.7 Å². The normalized spacial score (nSPS) is 29.0. The zero-order valence-corrected chi connectivity index (χ0v) is 15.1. The molecule has 1 N–H and O–H groups in total. The Morgan fingerprint density at radius 3 is 2.32 bits per heavy atom. The maximum absolute atomic E-state index is 13.2. The fourth-order valence-electron chi connectivity index (χ4n) is 3.81. The van der Waals surface area contributed by atoms with Crippen molar-refractivity contribution < 1.29 is 19.4 Å². The highest BCUT2D eigenvalue weighted by atomic mass is 16.5. The highest BCUT2D eigenvalue weighted by molar-refractivity contribution is 5.97.